The number of Topliss-reactive ketones (excluding diaryl/α,β-unsaturated/α-hetero) is 1. The number of benzene rings is 2. The third kappa shape index (κ3) is 3.57. The van der Waals surface area contributed by atoms with E-state index in [-0.39, 0.29) is 29.6 Å². The first-order valence-electron chi connectivity index (χ1n) is 10.5. The molecule has 0 spiro atoms. The number of carbonyl (C=O) groups is 1. The molecule has 7 nitrogen and oxygen atoms in total. The summed E-state index contributed by atoms with van der Waals surface area (Å²) in [7, 11) is 0. The highest BCUT2D eigenvalue weighted by atomic mass is 19.1. The second-order valence-corrected chi connectivity index (χ2v) is 8.52. The molecule has 2 aromatic carbocycles. The van der Waals surface area contributed by atoms with Crippen LogP contribution in [0.15, 0.2) is 47.3 Å². The molecule has 2 heterocycles. The lowest BCUT2D eigenvalue weighted by Crippen LogP contribution is -2.38. The molecule has 3 N–H and O–H groups in total. The van der Waals surface area contributed by atoms with Crippen molar-refractivity contribution < 1.29 is 14.3 Å². The number of rotatable bonds is 6. The Labute approximate surface area is 177 Å². The number of hydrogen-bond acceptors (Lipinski definition) is 5. The first-order valence-corrected chi connectivity index (χ1v) is 10.5. The minimum absolute atomic E-state index is 0.0811. The van der Waals surface area contributed by atoms with Gasteiger partial charge in [0.2, 0.25) is 0 Å². The molecule has 1 aromatic heterocycles. The van der Waals surface area contributed by atoms with Crippen molar-refractivity contribution >= 4 is 5.78 Å². The van der Waals surface area contributed by atoms with E-state index in [0.717, 1.165) is 19.4 Å². The van der Waals surface area contributed by atoms with Gasteiger partial charge >= 0.3 is 5.69 Å². The highest BCUT2D eigenvalue weighted by Crippen LogP contribution is 2.42. The third-order valence-electron chi connectivity index (χ3n) is 6.32. The average Bonchev–Trinajstić information content (AvgIpc) is 3.40. The molecule has 2 fully saturated rings. The molecule has 1 atom stereocenters. The number of aromatic amines is 1. The van der Waals surface area contributed by atoms with Gasteiger partial charge in [0.1, 0.15) is 23.2 Å². The Hall–Kier alpha value is -3.26. The molecule has 5 rings (SSSR count). The number of aromatic hydroxyl groups is 1. The number of nitrogens with one attached hydrogen (secondary N) is 2. The van der Waals surface area contributed by atoms with Crippen LogP contribution in [0.2, 0.25) is 0 Å². The number of phenolic OH excluding ortho intramolecular Hbond substituents is 1. The number of H-pyrrole nitrogens is 1. The lowest BCUT2D eigenvalue weighted by atomic mass is 9.77. The summed E-state index contributed by atoms with van der Waals surface area (Å²) in [6, 6.07) is 11.1. The number of hydrogen-bond donors (Lipinski definition) is 3. The standard InChI is InChI=1S/C23H23FN4O3/c24-18-11-16(15-2-1-3-17(29)10-15)6-7-19(18)28-20(26-27-22(28)31)12-23(8-9-25-13-23)21(30)14-4-5-14/h1-3,6-7,10-11,14,25,29H,4-5,8-9,12-13H2,(H,27,31)/t23-/m0/s1. The largest absolute Gasteiger partial charge is 0.508 e. The minimum atomic E-state index is -0.609. The third-order valence-corrected chi connectivity index (χ3v) is 6.32. The maximum absolute atomic E-state index is 15.1. The second-order valence-electron chi connectivity index (χ2n) is 8.52. The van der Waals surface area contributed by atoms with E-state index in [1.54, 1.807) is 30.3 Å². The summed E-state index contributed by atoms with van der Waals surface area (Å²) in [5.74, 6) is 0.173. The van der Waals surface area contributed by atoms with Crippen molar-refractivity contribution in [1.82, 2.24) is 20.1 Å². The molecule has 1 aliphatic carbocycles. The van der Waals surface area contributed by atoms with E-state index in [2.05, 4.69) is 15.5 Å². The zero-order valence-electron chi connectivity index (χ0n) is 16.9. The predicted molar refractivity (Wildman–Crippen MR) is 113 cm³/mol. The van der Waals surface area contributed by atoms with Crippen LogP contribution in [0.25, 0.3) is 16.8 Å². The average molecular weight is 422 g/mol. The number of halogens is 1. The summed E-state index contributed by atoms with van der Waals surface area (Å²) in [4.78, 5) is 25.6. The van der Waals surface area contributed by atoms with Crippen LogP contribution in [0.3, 0.4) is 0 Å². The fourth-order valence-electron chi connectivity index (χ4n) is 4.52. The Morgan fingerprint density at radius 2 is 2.03 bits per heavy atom. The van der Waals surface area contributed by atoms with E-state index < -0.39 is 16.9 Å². The fraction of sp³-hybridized carbons (Fsp3) is 0.348. The molecule has 0 radical (unpaired) electrons. The molecule has 8 heteroatoms. The zero-order valence-corrected chi connectivity index (χ0v) is 16.9. The van der Waals surface area contributed by atoms with Gasteiger partial charge in [0.15, 0.2) is 0 Å². The van der Waals surface area contributed by atoms with Gasteiger partial charge in [-0.05, 0) is 61.2 Å². The maximum atomic E-state index is 15.1. The minimum Gasteiger partial charge on any atom is -0.508 e. The highest BCUT2D eigenvalue weighted by molar-refractivity contribution is 5.89. The number of ketones is 1. The van der Waals surface area contributed by atoms with Gasteiger partial charge in [-0.1, -0.05) is 18.2 Å². The lowest BCUT2D eigenvalue weighted by molar-refractivity contribution is -0.129. The molecule has 1 saturated heterocycles. The van der Waals surface area contributed by atoms with Crippen molar-refractivity contribution in [1.29, 1.82) is 0 Å². The number of nitrogens with zero attached hydrogens (tertiary/aromatic N) is 2. The van der Waals surface area contributed by atoms with Crippen LogP contribution in [0.4, 0.5) is 4.39 Å². The highest BCUT2D eigenvalue weighted by Gasteiger charge is 2.48. The van der Waals surface area contributed by atoms with E-state index in [4.69, 9.17) is 0 Å². The number of phenols is 1. The monoisotopic (exact) mass is 422 g/mol. The van der Waals surface area contributed by atoms with Gasteiger partial charge in [-0.25, -0.2) is 18.9 Å². The van der Waals surface area contributed by atoms with Crippen LogP contribution in [-0.4, -0.2) is 38.7 Å². The quantitative estimate of drug-likeness (QED) is 0.567. The van der Waals surface area contributed by atoms with Crippen molar-refractivity contribution in [2.24, 2.45) is 11.3 Å². The molecular weight excluding hydrogens is 399 g/mol. The SMILES string of the molecule is O=C(C1CC1)[C@]1(Cc2n[nH]c(=O)n2-c2ccc(-c3cccc(O)c3)cc2F)CCNC1. The van der Waals surface area contributed by atoms with Crippen molar-refractivity contribution in [3.8, 4) is 22.6 Å². The van der Waals surface area contributed by atoms with E-state index in [9.17, 15) is 14.7 Å². The van der Waals surface area contributed by atoms with Crippen molar-refractivity contribution in [2.45, 2.75) is 25.7 Å². The van der Waals surface area contributed by atoms with Crippen molar-refractivity contribution in [2.75, 3.05) is 13.1 Å². The number of carbonyl (C=O) groups excluding carboxylic acids is 1. The molecule has 1 saturated carbocycles. The summed E-state index contributed by atoms with van der Waals surface area (Å²) in [5, 5.41) is 19.5. The molecule has 3 aromatic rings. The van der Waals surface area contributed by atoms with Gasteiger partial charge < -0.3 is 10.4 Å². The molecule has 160 valence electrons. The Bertz CT molecular complexity index is 1210. The van der Waals surface area contributed by atoms with E-state index >= 15 is 4.39 Å². The summed E-state index contributed by atoms with van der Waals surface area (Å²) in [6.07, 6.45) is 2.79. The molecule has 2 aliphatic rings. The molecular formula is C23H23FN4O3. The van der Waals surface area contributed by atoms with Crippen LogP contribution < -0.4 is 11.0 Å². The molecule has 0 unspecified atom stereocenters. The Balaban J connectivity index is 1.51. The zero-order chi connectivity index (χ0) is 21.6. The van der Waals surface area contributed by atoms with Gasteiger partial charge in [-0.3, -0.25) is 4.79 Å². The van der Waals surface area contributed by atoms with Crippen LogP contribution in [0, 0.1) is 17.2 Å². The Morgan fingerprint density at radius 1 is 1.23 bits per heavy atom. The van der Waals surface area contributed by atoms with Crippen LogP contribution >= 0.6 is 0 Å². The predicted octanol–water partition coefficient (Wildman–Crippen LogP) is 2.57. The Morgan fingerprint density at radius 3 is 2.71 bits per heavy atom. The second kappa shape index (κ2) is 7.46. The van der Waals surface area contributed by atoms with Gasteiger partial charge in [0.05, 0.1) is 5.69 Å². The first-order chi connectivity index (χ1) is 15.0. The van der Waals surface area contributed by atoms with Crippen LogP contribution in [0.5, 0.6) is 5.75 Å². The topological polar surface area (TPSA) is 100 Å². The van der Waals surface area contributed by atoms with E-state index in [1.807, 2.05) is 0 Å². The molecule has 1 aliphatic heterocycles. The normalized spacial score (nSPS) is 20.8. The first kappa shape index (κ1) is 19.7. The van der Waals surface area contributed by atoms with Gasteiger partial charge in [0, 0.05) is 24.3 Å². The maximum Gasteiger partial charge on any atom is 0.348 e. The molecule has 0 amide bonds. The van der Waals surface area contributed by atoms with Crippen molar-refractivity contribution in [3.05, 3.63) is 64.6 Å². The summed E-state index contributed by atoms with van der Waals surface area (Å²) < 4.78 is 16.3. The summed E-state index contributed by atoms with van der Waals surface area (Å²) in [6.45, 7) is 1.28. The number of aromatic nitrogens is 3. The summed E-state index contributed by atoms with van der Waals surface area (Å²) in [5.41, 5.74) is 0.172. The van der Waals surface area contributed by atoms with Gasteiger partial charge in [0.25, 0.3) is 0 Å². The van der Waals surface area contributed by atoms with Crippen LogP contribution in [0.1, 0.15) is 25.1 Å². The van der Waals surface area contributed by atoms with E-state index in [1.165, 1.54) is 16.7 Å². The van der Waals surface area contributed by atoms with Gasteiger partial charge in [-0.15, -0.1) is 0 Å². The summed E-state index contributed by atoms with van der Waals surface area (Å²) >= 11 is 0. The lowest BCUT2D eigenvalue weighted by Gasteiger charge is -2.26. The Kier molecular flexibility index (Phi) is 4.74. The molecule has 0 bridgehead atoms. The fourth-order valence-corrected chi connectivity index (χ4v) is 4.52. The smallest absolute Gasteiger partial charge is 0.348 e. The van der Waals surface area contributed by atoms with Crippen LogP contribution in [-0.2, 0) is 11.2 Å². The van der Waals surface area contributed by atoms with Gasteiger partial charge in [-0.2, -0.15) is 5.10 Å². The van der Waals surface area contributed by atoms with E-state index in [0.29, 0.717) is 29.9 Å². The van der Waals surface area contributed by atoms with Crippen molar-refractivity contribution in [3.63, 3.8) is 0 Å². The molecule has 31 heavy (non-hydrogen) atoms.